The molecule has 1 amide bonds. The number of rotatable bonds is 1. The molecule has 1 aliphatic rings. The molecule has 1 aliphatic heterocycles. The van der Waals surface area contributed by atoms with Gasteiger partial charge in [0, 0.05) is 23.7 Å². The average molecular weight is 274 g/mol. The molecule has 0 unspecified atom stereocenters. The van der Waals surface area contributed by atoms with E-state index in [4.69, 9.17) is 11.6 Å². The fraction of sp³-hybridized carbons (Fsp3) is 0.133. The third-order valence-corrected chi connectivity index (χ3v) is 3.53. The molecule has 4 heteroatoms. The summed E-state index contributed by atoms with van der Waals surface area (Å²) in [4.78, 5) is 14.1. The van der Waals surface area contributed by atoms with Crippen LogP contribution in [0.4, 0.5) is 0 Å². The number of hydrogen-bond acceptors (Lipinski definition) is 2. The van der Waals surface area contributed by atoms with Gasteiger partial charge >= 0.3 is 0 Å². The minimum Gasteiger partial charge on any atom is -0.508 e. The van der Waals surface area contributed by atoms with Crippen LogP contribution in [0.2, 0.25) is 5.02 Å². The van der Waals surface area contributed by atoms with E-state index in [0.29, 0.717) is 23.7 Å². The molecule has 3 nitrogen and oxygen atoms in total. The second-order valence-corrected chi connectivity index (χ2v) is 5.06. The largest absolute Gasteiger partial charge is 0.508 e. The molecule has 0 radical (unpaired) electrons. The summed E-state index contributed by atoms with van der Waals surface area (Å²) in [5.41, 5.74) is 2.81. The number of nitrogens with zero attached hydrogens (tertiary/aromatic N) is 1. The second-order valence-electron chi connectivity index (χ2n) is 4.62. The van der Waals surface area contributed by atoms with Crippen molar-refractivity contribution in [1.82, 2.24) is 4.90 Å². The lowest BCUT2D eigenvalue weighted by atomic mass is 10.1. The van der Waals surface area contributed by atoms with Crippen molar-refractivity contribution in [2.24, 2.45) is 0 Å². The van der Waals surface area contributed by atoms with Crippen LogP contribution in [0.1, 0.15) is 21.5 Å². The number of fused-ring (bicyclic) bond motifs is 1. The van der Waals surface area contributed by atoms with Gasteiger partial charge in [-0.25, -0.2) is 0 Å². The Kier molecular flexibility index (Phi) is 2.91. The number of carbonyl (C=O) groups is 1. The van der Waals surface area contributed by atoms with Gasteiger partial charge in [0.25, 0.3) is 5.91 Å². The normalized spacial score (nSPS) is 13.4. The third kappa shape index (κ3) is 2.29. The molecular weight excluding hydrogens is 262 g/mol. The number of phenols is 1. The molecule has 2 aromatic rings. The predicted molar refractivity (Wildman–Crippen MR) is 73.1 cm³/mol. The van der Waals surface area contributed by atoms with E-state index in [0.717, 1.165) is 11.1 Å². The number of halogens is 1. The van der Waals surface area contributed by atoms with Crippen LogP contribution in [0.5, 0.6) is 5.75 Å². The van der Waals surface area contributed by atoms with E-state index in [-0.39, 0.29) is 11.7 Å². The summed E-state index contributed by atoms with van der Waals surface area (Å²) < 4.78 is 0. The minimum atomic E-state index is -0.0349. The van der Waals surface area contributed by atoms with Gasteiger partial charge in [-0.05, 0) is 47.5 Å². The van der Waals surface area contributed by atoms with Gasteiger partial charge in [0.15, 0.2) is 0 Å². The number of amides is 1. The Morgan fingerprint density at radius 3 is 2.47 bits per heavy atom. The maximum atomic E-state index is 12.3. The van der Waals surface area contributed by atoms with E-state index < -0.39 is 0 Å². The molecule has 0 saturated carbocycles. The Bertz CT molecular complexity index is 637. The van der Waals surface area contributed by atoms with Crippen molar-refractivity contribution in [3.63, 3.8) is 0 Å². The molecule has 0 aromatic heterocycles. The van der Waals surface area contributed by atoms with E-state index in [1.165, 1.54) is 12.1 Å². The van der Waals surface area contributed by atoms with Crippen molar-refractivity contribution >= 4 is 17.5 Å². The molecular formula is C15H12ClNO2. The topological polar surface area (TPSA) is 40.5 Å². The zero-order valence-electron chi connectivity index (χ0n) is 10.1. The number of phenolic OH excluding ortho intramolecular Hbond substituents is 1. The summed E-state index contributed by atoms with van der Waals surface area (Å²) in [7, 11) is 0. The summed E-state index contributed by atoms with van der Waals surface area (Å²) in [6.07, 6.45) is 0. The first-order valence-electron chi connectivity index (χ1n) is 5.99. The van der Waals surface area contributed by atoms with Gasteiger partial charge in [-0.1, -0.05) is 17.7 Å². The van der Waals surface area contributed by atoms with E-state index in [1.807, 2.05) is 18.2 Å². The quantitative estimate of drug-likeness (QED) is 0.867. The first kappa shape index (κ1) is 12.1. The fourth-order valence-electron chi connectivity index (χ4n) is 2.29. The van der Waals surface area contributed by atoms with Crippen LogP contribution in [0, 0.1) is 0 Å². The van der Waals surface area contributed by atoms with E-state index in [1.54, 1.807) is 17.0 Å². The summed E-state index contributed by atoms with van der Waals surface area (Å²) in [6, 6.07) is 12.0. The Morgan fingerprint density at radius 1 is 1.05 bits per heavy atom. The molecule has 0 atom stereocenters. The van der Waals surface area contributed by atoms with Crippen molar-refractivity contribution in [3.8, 4) is 5.75 Å². The highest BCUT2D eigenvalue weighted by atomic mass is 35.5. The average Bonchev–Trinajstić information content (AvgIpc) is 2.81. The number of hydrogen-bond donors (Lipinski definition) is 1. The summed E-state index contributed by atoms with van der Waals surface area (Å²) >= 11 is 5.95. The molecule has 19 heavy (non-hydrogen) atoms. The van der Waals surface area contributed by atoms with Crippen molar-refractivity contribution in [2.75, 3.05) is 0 Å². The van der Waals surface area contributed by atoms with Crippen molar-refractivity contribution < 1.29 is 9.90 Å². The highest BCUT2D eigenvalue weighted by Crippen LogP contribution is 2.27. The van der Waals surface area contributed by atoms with Crippen molar-refractivity contribution in [1.29, 1.82) is 0 Å². The lowest BCUT2D eigenvalue weighted by molar-refractivity contribution is 0.0751. The first-order valence-corrected chi connectivity index (χ1v) is 6.37. The number of carbonyl (C=O) groups excluding carboxylic acids is 1. The highest BCUT2D eigenvalue weighted by molar-refractivity contribution is 6.30. The first-order chi connectivity index (χ1) is 9.13. The maximum Gasteiger partial charge on any atom is 0.254 e. The molecule has 96 valence electrons. The third-order valence-electron chi connectivity index (χ3n) is 3.29. The fourth-order valence-corrected chi connectivity index (χ4v) is 2.49. The lowest BCUT2D eigenvalue weighted by Gasteiger charge is -2.15. The number of benzene rings is 2. The van der Waals surface area contributed by atoms with Gasteiger partial charge in [-0.2, -0.15) is 0 Å². The minimum absolute atomic E-state index is 0.0349. The van der Waals surface area contributed by atoms with E-state index in [9.17, 15) is 9.90 Å². The van der Waals surface area contributed by atoms with Crippen LogP contribution in [0.3, 0.4) is 0 Å². The highest BCUT2D eigenvalue weighted by Gasteiger charge is 2.24. The van der Waals surface area contributed by atoms with Crippen LogP contribution in [-0.2, 0) is 13.1 Å². The van der Waals surface area contributed by atoms with Crippen molar-refractivity contribution in [3.05, 3.63) is 64.2 Å². The van der Waals surface area contributed by atoms with Crippen LogP contribution in [0.15, 0.2) is 42.5 Å². The summed E-state index contributed by atoms with van der Waals surface area (Å²) in [6.45, 7) is 1.18. The molecule has 0 saturated heterocycles. The molecule has 0 aliphatic carbocycles. The molecule has 0 fully saturated rings. The maximum absolute atomic E-state index is 12.3. The van der Waals surface area contributed by atoms with Crippen LogP contribution < -0.4 is 0 Å². The van der Waals surface area contributed by atoms with Gasteiger partial charge in [-0.15, -0.1) is 0 Å². The Hall–Kier alpha value is -2.00. The van der Waals surface area contributed by atoms with E-state index >= 15 is 0 Å². The molecule has 0 spiro atoms. The monoisotopic (exact) mass is 273 g/mol. The smallest absolute Gasteiger partial charge is 0.254 e. The standard InChI is InChI=1S/C15H12ClNO2/c16-13-4-1-11-8-17(9-12(11)7-13)15(19)10-2-5-14(18)6-3-10/h1-7,18H,8-9H2. The summed E-state index contributed by atoms with van der Waals surface area (Å²) in [5, 5.41) is 9.93. The SMILES string of the molecule is O=C(c1ccc(O)cc1)N1Cc2ccc(Cl)cc2C1. The predicted octanol–water partition coefficient (Wildman–Crippen LogP) is 3.20. The molecule has 0 bridgehead atoms. The number of aromatic hydroxyl groups is 1. The zero-order chi connectivity index (χ0) is 13.4. The molecule has 1 N–H and O–H groups in total. The van der Waals surface area contributed by atoms with Gasteiger partial charge in [0.05, 0.1) is 0 Å². The van der Waals surface area contributed by atoms with Crippen LogP contribution in [-0.4, -0.2) is 15.9 Å². The van der Waals surface area contributed by atoms with E-state index in [2.05, 4.69) is 0 Å². The molecule has 3 rings (SSSR count). The van der Waals surface area contributed by atoms with Crippen molar-refractivity contribution in [2.45, 2.75) is 13.1 Å². The Morgan fingerprint density at radius 2 is 1.74 bits per heavy atom. The van der Waals surface area contributed by atoms with Crippen LogP contribution >= 0.6 is 11.6 Å². The van der Waals surface area contributed by atoms with Crippen LogP contribution in [0.25, 0.3) is 0 Å². The van der Waals surface area contributed by atoms with Gasteiger partial charge in [0.2, 0.25) is 0 Å². The molecule has 2 aromatic carbocycles. The zero-order valence-corrected chi connectivity index (χ0v) is 10.9. The van der Waals surface area contributed by atoms with Gasteiger partial charge in [-0.3, -0.25) is 4.79 Å². The molecule has 1 heterocycles. The Balaban J connectivity index is 1.82. The Labute approximate surface area is 116 Å². The summed E-state index contributed by atoms with van der Waals surface area (Å²) in [5.74, 6) is 0.125. The second kappa shape index (κ2) is 4.59. The van der Waals surface area contributed by atoms with Gasteiger partial charge in [0.1, 0.15) is 5.75 Å². The lowest BCUT2D eigenvalue weighted by Crippen LogP contribution is -2.25. The van der Waals surface area contributed by atoms with Gasteiger partial charge < -0.3 is 10.0 Å².